The third-order valence-electron chi connectivity index (χ3n) is 3.52. The molecule has 1 aliphatic carbocycles. The van der Waals surface area contributed by atoms with Gasteiger partial charge in [0.15, 0.2) is 14.2 Å². The van der Waals surface area contributed by atoms with Crippen LogP contribution in [0.15, 0.2) is 0 Å². The lowest BCUT2D eigenvalue weighted by atomic mass is 9.83. The van der Waals surface area contributed by atoms with Gasteiger partial charge in [0.25, 0.3) is 0 Å². The summed E-state index contributed by atoms with van der Waals surface area (Å²) in [6.07, 6.45) is 3.27. The van der Waals surface area contributed by atoms with E-state index >= 15 is 0 Å². The van der Waals surface area contributed by atoms with Gasteiger partial charge >= 0.3 is 0 Å². The molecule has 1 spiro atoms. The predicted molar refractivity (Wildman–Crippen MR) is 62.6 cm³/mol. The highest BCUT2D eigenvalue weighted by atomic mass is 31.2. The quantitative estimate of drug-likeness (QED) is 0.777. The van der Waals surface area contributed by atoms with Crippen LogP contribution in [0.4, 0.5) is 0 Å². The van der Waals surface area contributed by atoms with Crippen LogP contribution in [-0.4, -0.2) is 42.9 Å². The van der Waals surface area contributed by atoms with Crippen molar-refractivity contribution in [3.05, 3.63) is 0 Å². The molecular weight excluding hydrogens is 243 g/mol. The lowest BCUT2D eigenvalue weighted by molar-refractivity contribution is -0.183. The number of carbonyl (C=O) groups is 1. The highest BCUT2D eigenvalue weighted by molar-refractivity contribution is 7.47. The molecule has 5 nitrogen and oxygen atoms in total. The van der Waals surface area contributed by atoms with Crippen molar-refractivity contribution < 1.29 is 23.7 Å². The first-order valence-corrected chi connectivity index (χ1v) is 7.36. The van der Waals surface area contributed by atoms with Crippen LogP contribution in [0.3, 0.4) is 0 Å². The van der Waals surface area contributed by atoms with Crippen LogP contribution in [0.25, 0.3) is 0 Å². The molecule has 1 saturated carbocycles. The maximum absolute atomic E-state index is 11.9. The van der Waals surface area contributed by atoms with Gasteiger partial charge in [0.2, 0.25) is 0 Å². The molecule has 98 valence electrons. The van der Waals surface area contributed by atoms with Crippen LogP contribution >= 0.6 is 8.38 Å². The zero-order chi connectivity index (χ0) is 12.3. The monoisotopic (exact) mass is 262 g/mol. The average Bonchev–Trinajstić information content (AvgIpc) is 2.78. The second-order valence-corrected chi connectivity index (χ2v) is 5.93. The molecule has 1 heterocycles. The van der Waals surface area contributed by atoms with Crippen molar-refractivity contribution >= 4 is 14.2 Å². The van der Waals surface area contributed by atoms with E-state index < -0.39 is 14.2 Å². The van der Waals surface area contributed by atoms with Gasteiger partial charge in [-0.15, -0.1) is 0 Å². The Kier molecular flexibility index (Phi) is 4.50. The summed E-state index contributed by atoms with van der Waals surface area (Å²) in [5.41, 5.74) is 0. The minimum absolute atomic E-state index is 0.0284. The van der Waals surface area contributed by atoms with Crippen molar-refractivity contribution in [2.45, 2.75) is 31.5 Å². The highest BCUT2D eigenvalue weighted by Crippen LogP contribution is 2.40. The molecule has 1 unspecified atom stereocenters. The summed E-state index contributed by atoms with van der Waals surface area (Å²) < 4.78 is 16.0. The highest BCUT2D eigenvalue weighted by Gasteiger charge is 2.41. The van der Waals surface area contributed by atoms with Crippen molar-refractivity contribution in [3.63, 3.8) is 0 Å². The summed E-state index contributed by atoms with van der Waals surface area (Å²) in [4.78, 5) is 21.2. The van der Waals surface area contributed by atoms with Gasteiger partial charge in [0, 0.05) is 25.9 Å². The summed E-state index contributed by atoms with van der Waals surface area (Å²) in [5.74, 6) is -0.281. The third kappa shape index (κ3) is 3.24. The van der Waals surface area contributed by atoms with Crippen LogP contribution in [0.5, 0.6) is 0 Å². The van der Waals surface area contributed by atoms with Gasteiger partial charge in [-0.25, -0.2) is 0 Å². The number of carbonyl (C=O) groups excluding carboxylic acids is 1. The third-order valence-corrected chi connectivity index (χ3v) is 4.52. The molecular formula is C11H19O5P. The van der Waals surface area contributed by atoms with Gasteiger partial charge in [-0.1, -0.05) is 0 Å². The van der Waals surface area contributed by atoms with Gasteiger partial charge in [-0.2, -0.15) is 0 Å². The SMILES string of the molecule is COP(O)CC(=O)C1CCC2(CC1)OCCO2. The van der Waals surface area contributed by atoms with Crippen molar-refractivity contribution in [2.75, 3.05) is 26.5 Å². The zero-order valence-electron chi connectivity index (χ0n) is 10.1. The van der Waals surface area contributed by atoms with Gasteiger partial charge < -0.3 is 18.9 Å². The van der Waals surface area contributed by atoms with Crippen molar-refractivity contribution in [1.82, 2.24) is 0 Å². The number of hydrogen-bond donors (Lipinski definition) is 1. The average molecular weight is 262 g/mol. The summed E-state index contributed by atoms with van der Waals surface area (Å²) in [5, 5.41) is 0. The first kappa shape index (κ1) is 13.4. The van der Waals surface area contributed by atoms with Crippen LogP contribution in [0.1, 0.15) is 25.7 Å². The van der Waals surface area contributed by atoms with E-state index in [9.17, 15) is 9.69 Å². The molecule has 6 heteroatoms. The molecule has 0 aromatic rings. The van der Waals surface area contributed by atoms with Gasteiger partial charge in [-0.3, -0.25) is 4.79 Å². The topological polar surface area (TPSA) is 65.0 Å². The predicted octanol–water partition coefficient (Wildman–Crippen LogP) is 1.44. The van der Waals surface area contributed by atoms with Gasteiger partial charge in [-0.05, 0) is 12.8 Å². The minimum atomic E-state index is -1.57. The minimum Gasteiger partial charge on any atom is -0.350 e. The number of hydrogen-bond acceptors (Lipinski definition) is 5. The summed E-state index contributed by atoms with van der Waals surface area (Å²) in [7, 11) is -0.148. The van der Waals surface area contributed by atoms with E-state index in [1.54, 1.807) is 0 Å². The maximum Gasteiger partial charge on any atom is 0.175 e. The Hall–Kier alpha value is -0.0600. The van der Waals surface area contributed by atoms with Gasteiger partial charge in [0.1, 0.15) is 5.78 Å². The molecule has 0 radical (unpaired) electrons. The molecule has 0 amide bonds. The largest absolute Gasteiger partial charge is 0.350 e. The number of rotatable bonds is 4. The molecule has 17 heavy (non-hydrogen) atoms. The fourth-order valence-corrected chi connectivity index (χ4v) is 3.15. The Labute approximate surface area is 102 Å². The fourth-order valence-electron chi connectivity index (χ4n) is 2.49. The van der Waals surface area contributed by atoms with E-state index in [2.05, 4.69) is 0 Å². The molecule has 2 aliphatic rings. The molecule has 1 N–H and O–H groups in total. The Morgan fingerprint density at radius 1 is 1.41 bits per heavy atom. The smallest absolute Gasteiger partial charge is 0.175 e. The van der Waals surface area contributed by atoms with Crippen molar-refractivity contribution in [3.8, 4) is 0 Å². The molecule has 2 fully saturated rings. The van der Waals surface area contributed by atoms with Crippen molar-refractivity contribution in [2.24, 2.45) is 5.92 Å². The number of ketones is 1. The summed E-state index contributed by atoms with van der Waals surface area (Å²) >= 11 is 0. The first-order valence-electron chi connectivity index (χ1n) is 5.96. The Balaban J connectivity index is 1.80. The first-order chi connectivity index (χ1) is 8.15. The molecule has 0 aromatic heterocycles. The Morgan fingerprint density at radius 3 is 2.53 bits per heavy atom. The molecule has 1 saturated heterocycles. The normalized spacial score (nSPS) is 26.2. The standard InChI is InChI=1S/C11H19O5P/c1-14-17(13)8-10(12)9-2-4-11(5-3-9)15-6-7-16-11/h9,13H,2-8H2,1H3. The lowest BCUT2D eigenvalue weighted by Crippen LogP contribution is -2.37. The molecule has 2 rings (SSSR count). The summed E-state index contributed by atoms with van der Waals surface area (Å²) in [6.45, 7) is 1.31. The van der Waals surface area contributed by atoms with E-state index in [1.165, 1.54) is 7.11 Å². The Bertz CT molecular complexity index is 267. The fraction of sp³-hybridized carbons (Fsp3) is 0.909. The van der Waals surface area contributed by atoms with Crippen molar-refractivity contribution in [1.29, 1.82) is 0 Å². The second kappa shape index (κ2) is 5.72. The molecule has 1 atom stereocenters. The Morgan fingerprint density at radius 2 is 2.00 bits per heavy atom. The van der Waals surface area contributed by atoms with Crippen LogP contribution in [-0.2, 0) is 18.8 Å². The van der Waals surface area contributed by atoms with Crippen LogP contribution < -0.4 is 0 Å². The van der Waals surface area contributed by atoms with Crippen LogP contribution in [0.2, 0.25) is 0 Å². The van der Waals surface area contributed by atoms with E-state index in [-0.39, 0.29) is 17.9 Å². The van der Waals surface area contributed by atoms with Gasteiger partial charge in [0.05, 0.1) is 19.4 Å². The maximum atomic E-state index is 11.9. The van der Waals surface area contributed by atoms with E-state index in [0.29, 0.717) is 13.2 Å². The van der Waals surface area contributed by atoms with E-state index in [0.717, 1.165) is 25.7 Å². The molecule has 0 aromatic carbocycles. The zero-order valence-corrected chi connectivity index (χ0v) is 10.9. The molecule has 0 bridgehead atoms. The number of ether oxygens (including phenoxy) is 2. The van der Waals surface area contributed by atoms with E-state index in [4.69, 9.17) is 14.0 Å². The molecule has 1 aliphatic heterocycles. The summed E-state index contributed by atoms with van der Waals surface area (Å²) in [6, 6.07) is 0. The lowest BCUT2D eigenvalue weighted by Gasteiger charge is -2.34. The van der Waals surface area contributed by atoms with E-state index in [1.807, 2.05) is 0 Å². The van der Waals surface area contributed by atoms with Crippen LogP contribution in [0, 0.1) is 5.92 Å². The second-order valence-electron chi connectivity index (χ2n) is 4.54. The number of Topliss-reactive ketones (excluding diaryl/α,β-unsaturated/α-hetero) is 1.